The van der Waals surface area contributed by atoms with Crippen LogP contribution in [-0.4, -0.2) is 23.4 Å². The van der Waals surface area contributed by atoms with Crippen LogP contribution in [0.1, 0.15) is 40.2 Å². The second-order valence-electron chi connectivity index (χ2n) is 8.84. The fraction of sp³-hybridized carbons (Fsp3) is 0.360. The standard InChI is InChI=1S/C20H28NO3S2.C5H5.Fe/c1-14(2)19(17-8-7-9-18(17)25(22)20(4,5)6)21-26(23,24)16-12-10-15(3)11-13-16;1-2-4-5-3-1;/h7-14,19,21H,1-6H3;1-5H;/q;;+2/t19-,25-;;/m1../s1. The molecule has 0 unspecified atom stereocenters. The summed E-state index contributed by atoms with van der Waals surface area (Å²) in [5.41, 5.74) is 1.00. The largest absolute Gasteiger partial charge is 2.00 e. The molecule has 174 valence electrons. The van der Waals surface area contributed by atoms with Crippen molar-refractivity contribution in [2.45, 2.75) is 57.2 Å². The molecule has 2 saturated carbocycles. The molecule has 2 aliphatic carbocycles. The van der Waals surface area contributed by atoms with E-state index in [-0.39, 0.29) is 27.9 Å². The van der Waals surface area contributed by atoms with E-state index in [1.54, 1.807) is 24.3 Å². The Morgan fingerprint density at radius 2 is 1.38 bits per heavy atom. The van der Waals surface area contributed by atoms with Crippen molar-refractivity contribution in [3.05, 3.63) is 92.4 Å². The van der Waals surface area contributed by atoms with Crippen molar-refractivity contribution in [3.8, 4) is 0 Å². The summed E-state index contributed by atoms with van der Waals surface area (Å²) in [6, 6.07) is 6.32. The molecule has 0 bridgehead atoms. The molecule has 0 aromatic heterocycles. The number of aryl methyl sites for hydroxylation is 1. The number of hydrogen-bond donors (Lipinski definition) is 1. The van der Waals surface area contributed by atoms with Gasteiger partial charge >= 0.3 is 17.1 Å². The van der Waals surface area contributed by atoms with Crippen LogP contribution in [0, 0.1) is 75.4 Å². The van der Waals surface area contributed by atoms with Gasteiger partial charge in [-0.05, 0) is 97.1 Å². The summed E-state index contributed by atoms with van der Waals surface area (Å²) in [5.74, 6) is 0.789. The quantitative estimate of drug-likeness (QED) is 0.564. The van der Waals surface area contributed by atoms with Gasteiger partial charge in [-0.15, -0.1) is 0 Å². The average molecular weight is 516 g/mol. The second kappa shape index (κ2) is 13.0. The first-order valence-corrected chi connectivity index (χ1v) is 13.0. The van der Waals surface area contributed by atoms with Gasteiger partial charge in [0.15, 0.2) is 0 Å². The van der Waals surface area contributed by atoms with E-state index in [2.05, 4.69) is 4.72 Å². The maximum absolute atomic E-state index is 12.9. The Kier molecular flexibility index (Phi) is 12.2. The van der Waals surface area contributed by atoms with E-state index in [0.29, 0.717) is 5.25 Å². The Morgan fingerprint density at radius 1 is 0.875 bits per heavy atom. The summed E-state index contributed by atoms with van der Waals surface area (Å²) >= 11 is 0. The zero-order valence-electron chi connectivity index (χ0n) is 19.5. The van der Waals surface area contributed by atoms with Gasteiger partial charge in [0.1, 0.15) is 0 Å². The minimum Gasteiger partial charge on any atom is -0.258 e. The summed E-state index contributed by atoms with van der Waals surface area (Å²) in [6.07, 6.45) is 15.5. The second-order valence-corrected chi connectivity index (χ2v) is 12.8. The van der Waals surface area contributed by atoms with Crippen molar-refractivity contribution in [2.75, 3.05) is 0 Å². The SMILES string of the molecule is Cc1ccc(S(=O)(=O)N[C@@H]([C]2[CH][CH][CH][C]2[S@@](=O)C(C)(C)C)C(C)C)cc1.[CH]1[CH][CH][CH][CH]1.[Fe+2]. The normalized spacial score (nSPS) is 19.8. The third kappa shape index (κ3) is 8.54. The Bertz CT molecular complexity index is 805. The van der Waals surface area contributed by atoms with Gasteiger partial charge in [0.05, 0.1) is 10.1 Å². The molecule has 7 heteroatoms. The zero-order chi connectivity index (χ0) is 23.2. The summed E-state index contributed by atoms with van der Waals surface area (Å²) in [4.78, 5) is 0.235. The van der Waals surface area contributed by atoms with Crippen molar-refractivity contribution < 1.29 is 29.7 Å². The summed E-state index contributed by atoms with van der Waals surface area (Å²) in [6.45, 7) is 11.6. The molecule has 1 aromatic carbocycles. The van der Waals surface area contributed by atoms with Gasteiger partial charge in [-0.25, -0.2) is 13.1 Å². The van der Waals surface area contributed by atoms with Crippen molar-refractivity contribution in [3.63, 3.8) is 0 Å². The molecule has 10 radical (unpaired) electrons. The first-order valence-electron chi connectivity index (χ1n) is 10.4. The van der Waals surface area contributed by atoms with E-state index in [1.165, 1.54) is 0 Å². The van der Waals surface area contributed by atoms with E-state index in [9.17, 15) is 12.6 Å². The van der Waals surface area contributed by atoms with Crippen LogP contribution in [0.3, 0.4) is 0 Å². The number of nitrogens with one attached hydrogen (secondary N) is 1. The van der Waals surface area contributed by atoms with E-state index >= 15 is 0 Å². The van der Waals surface area contributed by atoms with Crippen LogP contribution in [0.4, 0.5) is 0 Å². The topological polar surface area (TPSA) is 63.2 Å². The molecule has 0 saturated heterocycles. The van der Waals surface area contributed by atoms with Crippen LogP contribution in [0.5, 0.6) is 0 Å². The molecule has 0 amide bonds. The van der Waals surface area contributed by atoms with Gasteiger partial charge in [-0.2, -0.15) is 0 Å². The van der Waals surface area contributed by atoms with E-state index < -0.39 is 31.6 Å². The van der Waals surface area contributed by atoms with Gasteiger partial charge in [0, 0.05) is 27.5 Å². The first kappa shape index (κ1) is 29.8. The van der Waals surface area contributed by atoms with Crippen LogP contribution >= 0.6 is 0 Å². The third-order valence-electron chi connectivity index (χ3n) is 4.73. The first-order chi connectivity index (χ1) is 14.4. The Morgan fingerprint density at radius 3 is 1.81 bits per heavy atom. The van der Waals surface area contributed by atoms with E-state index in [4.69, 9.17) is 0 Å². The molecular weight excluding hydrogens is 482 g/mol. The third-order valence-corrected chi connectivity index (χ3v) is 8.08. The van der Waals surface area contributed by atoms with E-state index in [0.717, 1.165) is 11.5 Å². The molecule has 1 N–H and O–H groups in total. The van der Waals surface area contributed by atoms with Crippen LogP contribution in [0.2, 0.25) is 0 Å². The minimum absolute atomic E-state index is 0. The molecule has 4 nitrogen and oxygen atoms in total. The van der Waals surface area contributed by atoms with Crippen molar-refractivity contribution >= 4 is 20.8 Å². The zero-order valence-corrected chi connectivity index (χ0v) is 22.2. The summed E-state index contributed by atoms with van der Waals surface area (Å²) in [5, 5.41) is 0.697. The predicted molar refractivity (Wildman–Crippen MR) is 129 cm³/mol. The maximum atomic E-state index is 12.9. The molecule has 2 atom stereocenters. The van der Waals surface area contributed by atoms with Gasteiger partial charge in [-0.3, -0.25) is 4.21 Å². The number of sulfonamides is 1. The van der Waals surface area contributed by atoms with E-state index in [1.807, 2.05) is 92.9 Å². The van der Waals surface area contributed by atoms with Crippen molar-refractivity contribution in [1.29, 1.82) is 0 Å². The van der Waals surface area contributed by atoms with Crippen molar-refractivity contribution in [1.82, 2.24) is 4.72 Å². The molecule has 0 aliphatic heterocycles. The number of hydrogen-bond acceptors (Lipinski definition) is 3. The maximum Gasteiger partial charge on any atom is 2.00 e. The van der Waals surface area contributed by atoms with Gasteiger partial charge in [0.2, 0.25) is 10.0 Å². The summed E-state index contributed by atoms with van der Waals surface area (Å²) in [7, 11) is -4.90. The molecule has 2 fully saturated rings. The smallest absolute Gasteiger partial charge is 0.258 e. The monoisotopic (exact) mass is 515 g/mol. The fourth-order valence-electron chi connectivity index (χ4n) is 3.01. The Hall–Kier alpha value is -0.201. The van der Waals surface area contributed by atoms with Crippen LogP contribution in [-0.2, 0) is 37.9 Å². The average Bonchev–Trinajstić information content (AvgIpc) is 3.39. The van der Waals surface area contributed by atoms with Gasteiger partial charge in [0.25, 0.3) is 0 Å². The van der Waals surface area contributed by atoms with Crippen molar-refractivity contribution in [2.24, 2.45) is 5.92 Å². The number of benzene rings is 1. The molecule has 0 heterocycles. The van der Waals surface area contributed by atoms with Gasteiger partial charge in [-0.1, -0.05) is 31.5 Å². The fourth-order valence-corrected chi connectivity index (χ4v) is 5.64. The molecule has 1 aromatic rings. The number of rotatable bonds is 6. The molecule has 32 heavy (non-hydrogen) atoms. The molecule has 2 aliphatic rings. The molecular formula is C25H33FeNO3S2+2. The van der Waals surface area contributed by atoms with Crippen LogP contribution in [0.25, 0.3) is 0 Å². The van der Waals surface area contributed by atoms with Crippen LogP contribution in [0.15, 0.2) is 29.2 Å². The minimum atomic E-state index is -3.67. The Labute approximate surface area is 210 Å². The van der Waals surface area contributed by atoms with Gasteiger partial charge < -0.3 is 0 Å². The Balaban J connectivity index is 0.000000750. The predicted octanol–water partition coefficient (Wildman–Crippen LogP) is 4.60. The van der Waals surface area contributed by atoms with Crippen LogP contribution < -0.4 is 4.72 Å². The molecule has 3 rings (SSSR count). The summed E-state index contributed by atoms with van der Waals surface area (Å²) < 4.78 is 41.0. The molecule has 0 spiro atoms.